The molecule has 0 amide bonds. The molecule has 0 aliphatic heterocycles. The summed E-state index contributed by atoms with van der Waals surface area (Å²) in [6, 6.07) is 113. The molecule has 0 spiro atoms. The summed E-state index contributed by atoms with van der Waals surface area (Å²) in [4.78, 5) is 4.89. The minimum absolute atomic E-state index is 1.09. The van der Waals surface area contributed by atoms with Gasteiger partial charge in [0.15, 0.2) is 0 Å². The van der Waals surface area contributed by atoms with Gasteiger partial charge in [-0.1, -0.05) is 280 Å². The van der Waals surface area contributed by atoms with Gasteiger partial charge in [0.2, 0.25) is 0 Å². The molecule has 4 heteroatoms. The van der Waals surface area contributed by atoms with Crippen LogP contribution in [0.4, 0.5) is 34.1 Å². The fraction of sp³-hybridized carbons (Fsp3) is 0.0750. The Balaban J connectivity index is 1.07. The van der Waals surface area contributed by atoms with Crippen molar-refractivity contribution in [1.29, 1.82) is 0 Å². The Hall–Kier alpha value is -9.59. The van der Waals surface area contributed by atoms with E-state index in [4.69, 9.17) is 0 Å². The zero-order chi connectivity index (χ0) is 57.4. The van der Waals surface area contributed by atoms with E-state index in [0.29, 0.717) is 0 Å². The van der Waals surface area contributed by atoms with Crippen molar-refractivity contribution in [2.24, 2.45) is 0 Å². The van der Waals surface area contributed by atoms with Gasteiger partial charge in [-0.15, -0.1) is 0 Å². The van der Waals surface area contributed by atoms with Crippen molar-refractivity contribution < 1.29 is 0 Å². The summed E-state index contributed by atoms with van der Waals surface area (Å²) in [5.74, 6) is 0. The maximum absolute atomic E-state index is 2.46. The van der Waals surface area contributed by atoms with Crippen molar-refractivity contribution in [1.82, 2.24) is 0 Å². The molecule has 0 saturated carbocycles. The molecule has 0 atom stereocenters. The summed E-state index contributed by atoms with van der Waals surface area (Å²) in [6.07, 6.45) is 0. The van der Waals surface area contributed by atoms with Crippen molar-refractivity contribution in [3.63, 3.8) is 0 Å². The van der Waals surface area contributed by atoms with Crippen LogP contribution in [0.25, 0.3) is 88.3 Å². The van der Waals surface area contributed by atoms with Crippen molar-refractivity contribution in [2.45, 2.75) is 39.3 Å². The third kappa shape index (κ3) is 10.9. The number of hydrogen-bond donors (Lipinski definition) is 0. The van der Waals surface area contributed by atoms with Crippen LogP contribution >= 0.6 is 0 Å². The van der Waals surface area contributed by atoms with Crippen LogP contribution in [-0.2, 0) is 0 Å². The summed E-state index contributed by atoms with van der Waals surface area (Å²) in [5.41, 5.74) is 20.9. The summed E-state index contributed by atoms with van der Waals surface area (Å²) >= 11 is 0. The number of hydrogen-bond acceptors (Lipinski definition) is 2. The highest BCUT2D eigenvalue weighted by molar-refractivity contribution is 6.89. The van der Waals surface area contributed by atoms with E-state index in [9.17, 15) is 0 Å². The van der Waals surface area contributed by atoms with Gasteiger partial charge in [-0.25, -0.2) is 0 Å². The van der Waals surface area contributed by atoms with E-state index in [2.05, 4.69) is 352 Å². The number of fused-ring (bicyclic) bond motifs is 2. The molecule has 13 rings (SSSR count). The lowest BCUT2D eigenvalue weighted by Gasteiger charge is -2.29. The fourth-order valence-corrected chi connectivity index (χ4v) is 14.3. The predicted molar refractivity (Wildman–Crippen MR) is 369 cm³/mol. The monoisotopic (exact) mass is 1110 g/mol. The van der Waals surface area contributed by atoms with E-state index in [1.54, 1.807) is 0 Å². The van der Waals surface area contributed by atoms with Gasteiger partial charge >= 0.3 is 0 Å². The molecule has 0 aliphatic carbocycles. The van der Waals surface area contributed by atoms with E-state index in [0.717, 1.165) is 45.3 Å². The SMILES string of the molecule is C[Si](C)(C)c1ccc(N(c2ccc(-c3ccccc3)cc2)c2ccc3c(-c4ccc(-c5ccccc5)cc4)c4cc(N(c5ccc(-c6ccccc6)cc5)c5ccc([Si](C)(C)C)cc5)ccc4c(-c4ccc(-c5ccccc5)cc4)c3c2)cc1. The van der Waals surface area contributed by atoms with Crippen LogP contribution in [0.2, 0.25) is 39.3 Å². The fourth-order valence-electron chi connectivity index (χ4n) is 12.0. The molecule has 406 valence electrons. The summed E-state index contributed by atoms with van der Waals surface area (Å²) in [6.45, 7) is 14.5. The number of benzene rings is 13. The highest BCUT2D eigenvalue weighted by atomic mass is 28.3. The molecule has 0 aromatic heterocycles. The molecule has 0 aliphatic rings. The highest BCUT2D eigenvalue weighted by Gasteiger charge is 2.25. The third-order valence-electron chi connectivity index (χ3n) is 16.6. The second kappa shape index (κ2) is 22.6. The standard InChI is InChI=1S/C80H68N2Si2/c1-83(2,3)73-49-43-69(44-50-73)81(67-39-35-63(36-40-67)59-23-15-9-16-24-59)71-47-53-75-77(55-71)79(65-31-27-61(28-32-65)57-19-11-7-12-20-57)76-54-48-72(56-78(76)80(75)66-33-29-62(30-34-66)58-21-13-8-14-22-58)82(70-45-51-74(52-46-70)84(4,5)6)68-41-37-64(38-42-68)60-25-17-10-18-26-60/h7-56H,1-6H3. The van der Waals surface area contributed by atoms with E-state index >= 15 is 0 Å². The van der Waals surface area contributed by atoms with Crippen LogP contribution in [0, 0.1) is 0 Å². The van der Waals surface area contributed by atoms with Gasteiger partial charge in [0.05, 0.1) is 16.1 Å². The zero-order valence-corrected chi connectivity index (χ0v) is 50.8. The Morgan fingerprint density at radius 3 is 0.667 bits per heavy atom. The van der Waals surface area contributed by atoms with Gasteiger partial charge < -0.3 is 9.80 Å². The minimum atomic E-state index is -1.58. The minimum Gasteiger partial charge on any atom is -0.310 e. The summed E-state index contributed by atoms with van der Waals surface area (Å²) < 4.78 is 0. The third-order valence-corrected chi connectivity index (χ3v) is 20.7. The second-order valence-corrected chi connectivity index (χ2v) is 34.3. The summed E-state index contributed by atoms with van der Waals surface area (Å²) in [5, 5.41) is 7.61. The first-order valence-electron chi connectivity index (χ1n) is 29.4. The van der Waals surface area contributed by atoms with Crippen LogP contribution in [0.5, 0.6) is 0 Å². The normalized spacial score (nSPS) is 11.7. The van der Waals surface area contributed by atoms with Crippen LogP contribution in [0.3, 0.4) is 0 Å². The predicted octanol–water partition coefficient (Wildman–Crippen LogP) is 22.0. The number of anilines is 6. The van der Waals surface area contributed by atoms with Gasteiger partial charge in [-0.2, -0.15) is 0 Å². The van der Waals surface area contributed by atoms with Crippen LogP contribution < -0.4 is 20.2 Å². The van der Waals surface area contributed by atoms with E-state index in [-0.39, 0.29) is 0 Å². The maximum atomic E-state index is 2.46. The zero-order valence-electron chi connectivity index (χ0n) is 48.8. The van der Waals surface area contributed by atoms with Crippen molar-refractivity contribution in [3.8, 4) is 66.8 Å². The first-order valence-corrected chi connectivity index (χ1v) is 36.4. The van der Waals surface area contributed by atoms with Gasteiger partial charge in [0, 0.05) is 34.1 Å². The average Bonchev–Trinajstić information content (AvgIpc) is 1.19. The Bertz CT molecular complexity index is 4110. The molecule has 0 unspecified atom stereocenters. The molecule has 13 aromatic rings. The molecule has 0 radical (unpaired) electrons. The smallest absolute Gasteiger partial charge is 0.0775 e. The van der Waals surface area contributed by atoms with Crippen LogP contribution in [0.15, 0.2) is 303 Å². The molecule has 0 saturated heterocycles. The lowest BCUT2D eigenvalue weighted by atomic mass is 9.84. The lowest BCUT2D eigenvalue weighted by molar-refractivity contribution is 1.29. The van der Waals surface area contributed by atoms with Crippen molar-refractivity contribution in [2.75, 3.05) is 9.80 Å². The van der Waals surface area contributed by atoms with Crippen molar-refractivity contribution >= 4 is 82.2 Å². The first-order chi connectivity index (χ1) is 40.9. The highest BCUT2D eigenvalue weighted by Crippen LogP contribution is 2.49. The van der Waals surface area contributed by atoms with Crippen LogP contribution in [-0.4, -0.2) is 16.1 Å². The molecule has 0 heterocycles. The second-order valence-electron chi connectivity index (χ2n) is 24.2. The van der Waals surface area contributed by atoms with E-state index in [1.165, 1.54) is 87.6 Å². The molecule has 13 aromatic carbocycles. The molecule has 0 bridgehead atoms. The van der Waals surface area contributed by atoms with Gasteiger partial charge in [-0.3, -0.25) is 0 Å². The molecule has 0 fully saturated rings. The van der Waals surface area contributed by atoms with E-state index in [1.807, 2.05) is 0 Å². The first kappa shape index (κ1) is 53.7. The number of rotatable bonds is 14. The number of nitrogens with zero attached hydrogens (tertiary/aromatic N) is 2. The van der Waals surface area contributed by atoms with Gasteiger partial charge in [0.25, 0.3) is 0 Å². The largest absolute Gasteiger partial charge is 0.310 e. The Morgan fingerprint density at radius 1 is 0.190 bits per heavy atom. The molecular formula is C80H68N2Si2. The van der Waals surface area contributed by atoms with Gasteiger partial charge in [-0.05, 0) is 161 Å². The van der Waals surface area contributed by atoms with E-state index < -0.39 is 16.1 Å². The molecular weight excluding hydrogens is 1050 g/mol. The lowest BCUT2D eigenvalue weighted by Crippen LogP contribution is -2.37. The Kier molecular flexibility index (Phi) is 14.5. The topological polar surface area (TPSA) is 6.48 Å². The van der Waals surface area contributed by atoms with Crippen LogP contribution in [0.1, 0.15) is 0 Å². The quantitative estimate of drug-likeness (QED) is 0.0791. The Labute approximate surface area is 498 Å². The molecule has 84 heavy (non-hydrogen) atoms. The van der Waals surface area contributed by atoms with Gasteiger partial charge in [0.1, 0.15) is 0 Å². The average molecular weight is 1110 g/mol. The maximum Gasteiger partial charge on any atom is 0.0775 e. The molecule has 2 nitrogen and oxygen atoms in total. The Morgan fingerprint density at radius 2 is 0.405 bits per heavy atom. The summed E-state index contributed by atoms with van der Waals surface area (Å²) in [7, 11) is -3.17. The molecule has 0 N–H and O–H groups in total. The van der Waals surface area contributed by atoms with Crippen molar-refractivity contribution in [3.05, 3.63) is 303 Å².